The lowest BCUT2D eigenvalue weighted by molar-refractivity contribution is -0.138. The number of benzene rings is 2. The lowest BCUT2D eigenvalue weighted by Crippen LogP contribution is -1.98. The Kier molecular flexibility index (Phi) is 3.26. The number of aliphatic carboxylic acids is 1. The summed E-state index contributed by atoms with van der Waals surface area (Å²) < 4.78 is 0. The second-order valence-electron chi connectivity index (χ2n) is 5.02. The molecule has 1 N–H and O–H groups in total. The van der Waals surface area contributed by atoms with E-state index >= 15 is 0 Å². The van der Waals surface area contributed by atoms with Crippen molar-refractivity contribution < 1.29 is 9.90 Å². The zero-order chi connectivity index (χ0) is 13.9. The topological polar surface area (TPSA) is 37.3 Å². The van der Waals surface area contributed by atoms with Crippen LogP contribution in [0.4, 0.5) is 0 Å². The van der Waals surface area contributed by atoms with Crippen molar-refractivity contribution >= 4 is 5.97 Å². The van der Waals surface area contributed by atoms with Crippen LogP contribution in [-0.2, 0) is 4.79 Å². The van der Waals surface area contributed by atoms with Gasteiger partial charge in [0.15, 0.2) is 0 Å². The van der Waals surface area contributed by atoms with E-state index in [0.717, 1.165) is 23.1 Å². The van der Waals surface area contributed by atoms with Gasteiger partial charge in [0.1, 0.15) is 0 Å². The van der Waals surface area contributed by atoms with Crippen LogP contribution >= 0.6 is 0 Å². The second kappa shape index (κ2) is 5.22. The van der Waals surface area contributed by atoms with Gasteiger partial charge in [-0.25, -0.2) is 0 Å². The Labute approximate surface area is 118 Å². The first-order chi connectivity index (χ1) is 9.74. The molecule has 2 atom stereocenters. The summed E-state index contributed by atoms with van der Waals surface area (Å²) in [5.74, 6) is 5.52. The molecule has 0 radical (unpaired) electrons. The van der Waals surface area contributed by atoms with Crippen LogP contribution in [-0.4, -0.2) is 11.1 Å². The fourth-order valence-corrected chi connectivity index (χ4v) is 2.32. The Hall–Kier alpha value is -2.53. The minimum atomic E-state index is -0.692. The third-order valence-electron chi connectivity index (χ3n) is 3.57. The van der Waals surface area contributed by atoms with Crippen LogP contribution in [0.5, 0.6) is 0 Å². The number of carbonyl (C=O) groups is 1. The van der Waals surface area contributed by atoms with E-state index < -0.39 is 5.97 Å². The van der Waals surface area contributed by atoms with Crippen LogP contribution in [0.15, 0.2) is 54.6 Å². The minimum Gasteiger partial charge on any atom is -0.481 e. The fraction of sp³-hybridized carbons (Fsp3) is 0.167. The quantitative estimate of drug-likeness (QED) is 0.843. The van der Waals surface area contributed by atoms with Gasteiger partial charge in [-0.3, -0.25) is 4.79 Å². The maximum atomic E-state index is 10.8. The molecule has 0 heterocycles. The zero-order valence-corrected chi connectivity index (χ0v) is 10.9. The zero-order valence-electron chi connectivity index (χ0n) is 10.9. The molecule has 0 spiro atoms. The summed E-state index contributed by atoms with van der Waals surface area (Å²) in [6, 6.07) is 17.7. The maximum absolute atomic E-state index is 10.8. The first kappa shape index (κ1) is 12.5. The molecule has 3 rings (SSSR count). The second-order valence-corrected chi connectivity index (χ2v) is 5.02. The van der Waals surface area contributed by atoms with E-state index in [2.05, 4.69) is 11.8 Å². The monoisotopic (exact) mass is 262 g/mol. The van der Waals surface area contributed by atoms with Gasteiger partial charge in [-0.2, -0.15) is 0 Å². The van der Waals surface area contributed by atoms with Crippen LogP contribution in [0.1, 0.15) is 29.0 Å². The molecule has 20 heavy (non-hydrogen) atoms. The van der Waals surface area contributed by atoms with E-state index in [4.69, 9.17) is 5.11 Å². The number of hydrogen-bond acceptors (Lipinski definition) is 1. The Morgan fingerprint density at radius 1 is 0.950 bits per heavy atom. The largest absolute Gasteiger partial charge is 0.481 e. The van der Waals surface area contributed by atoms with Crippen LogP contribution in [0.25, 0.3) is 0 Å². The van der Waals surface area contributed by atoms with Crippen molar-refractivity contribution in [2.24, 2.45) is 5.92 Å². The molecule has 0 aromatic heterocycles. The lowest BCUT2D eigenvalue weighted by Gasteiger charge is -1.98. The smallest absolute Gasteiger partial charge is 0.307 e. The summed E-state index contributed by atoms with van der Waals surface area (Å²) in [5.41, 5.74) is 3.04. The molecule has 2 aromatic rings. The normalized spacial score (nSPS) is 19.8. The van der Waals surface area contributed by atoms with Crippen molar-refractivity contribution in [2.45, 2.75) is 12.3 Å². The van der Waals surface area contributed by atoms with Gasteiger partial charge in [0.25, 0.3) is 0 Å². The van der Waals surface area contributed by atoms with Gasteiger partial charge < -0.3 is 5.11 Å². The molecule has 0 bridgehead atoms. The predicted molar refractivity (Wildman–Crippen MR) is 77.3 cm³/mol. The van der Waals surface area contributed by atoms with E-state index in [1.807, 2.05) is 54.6 Å². The van der Waals surface area contributed by atoms with Crippen molar-refractivity contribution in [2.75, 3.05) is 0 Å². The summed E-state index contributed by atoms with van der Waals surface area (Å²) in [7, 11) is 0. The lowest BCUT2D eigenvalue weighted by atomic mass is 10.1. The average molecular weight is 262 g/mol. The van der Waals surface area contributed by atoms with Gasteiger partial charge in [-0.15, -0.1) is 0 Å². The Bertz CT molecular complexity index is 675. The molecular formula is C18H14O2. The molecule has 0 aliphatic heterocycles. The first-order valence-corrected chi connectivity index (χ1v) is 6.64. The van der Waals surface area contributed by atoms with Gasteiger partial charge in [-0.05, 0) is 42.2 Å². The van der Waals surface area contributed by atoms with Crippen LogP contribution in [0.2, 0.25) is 0 Å². The molecule has 1 aliphatic rings. The van der Waals surface area contributed by atoms with Gasteiger partial charge in [-0.1, -0.05) is 42.2 Å². The Balaban J connectivity index is 1.72. The first-order valence-electron chi connectivity index (χ1n) is 6.64. The van der Waals surface area contributed by atoms with E-state index in [1.54, 1.807) is 0 Å². The molecule has 2 aromatic carbocycles. The molecule has 98 valence electrons. The summed E-state index contributed by atoms with van der Waals surface area (Å²) >= 11 is 0. The predicted octanol–water partition coefficient (Wildman–Crippen LogP) is 3.27. The third kappa shape index (κ3) is 2.73. The maximum Gasteiger partial charge on any atom is 0.307 e. The van der Waals surface area contributed by atoms with Gasteiger partial charge in [0, 0.05) is 11.1 Å². The van der Waals surface area contributed by atoms with E-state index in [0.29, 0.717) is 0 Å². The SMILES string of the molecule is O=C(O)[C@H]1C[C@@H]1c1ccc(C#Cc2ccccc2)cc1. The third-order valence-corrected chi connectivity index (χ3v) is 3.57. The van der Waals surface area contributed by atoms with E-state index in [1.165, 1.54) is 0 Å². The van der Waals surface area contributed by atoms with E-state index in [9.17, 15) is 4.79 Å². The van der Waals surface area contributed by atoms with Crippen molar-refractivity contribution in [1.29, 1.82) is 0 Å². The minimum absolute atomic E-state index is 0.184. The Morgan fingerprint density at radius 2 is 1.55 bits per heavy atom. The van der Waals surface area contributed by atoms with Crippen molar-refractivity contribution in [3.8, 4) is 11.8 Å². The van der Waals surface area contributed by atoms with Gasteiger partial charge >= 0.3 is 5.97 Å². The summed E-state index contributed by atoms with van der Waals surface area (Å²) in [6.07, 6.45) is 0.754. The molecular weight excluding hydrogens is 248 g/mol. The highest BCUT2D eigenvalue weighted by molar-refractivity contribution is 5.75. The van der Waals surface area contributed by atoms with Crippen molar-refractivity contribution in [3.05, 3.63) is 71.3 Å². The van der Waals surface area contributed by atoms with Crippen LogP contribution in [0.3, 0.4) is 0 Å². The molecule has 0 unspecified atom stereocenters. The molecule has 1 aliphatic carbocycles. The molecule has 1 fully saturated rings. The van der Waals surface area contributed by atoms with Crippen LogP contribution in [0, 0.1) is 17.8 Å². The summed E-state index contributed by atoms with van der Waals surface area (Å²) in [4.78, 5) is 10.8. The Morgan fingerprint density at radius 3 is 2.10 bits per heavy atom. The molecule has 1 saturated carbocycles. The highest BCUT2D eigenvalue weighted by atomic mass is 16.4. The fourth-order valence-electron chi connectivity index (χ4n) is 2.32. The highest BCUT2D eigenvalue weighted by Crippen LogP contribution is 2.47. The number of carboxylic acid groups (broad SMARTS) is 1. The van der Waals surface area contributed by atoms with Crippen LogP contribution < -0.4 is 0 Å². The molecule has 0 saturated heterocycles. The van der Waals surface area contributed by atoms with E-state index in [-0.39, 0.29) is 11.8 Å². The number of carboxylic acids is 1. The molecule has 0 amide bonds. The van der Waals surface area contributed by atoms with Crippen molar-refractivity contribution in [1.82, 2.24) is 0 Å². The molecule has 2 heteroatoms. The highest BCUT2D eigenvalue weighted by Gasteiger charge is 2.43. The van der Waals surface area contributed by atoms with Gasteiger partial charge in [0.2, 0.25) is 0 Å². The standard InChI is InChI=1S/C18H14O2/c19-18(20)17-12-16(17)15-10-8-14(9-11-15)7-6-13-4-2-1-3-5-13/h1-5,8-11,16-17H,12H2,(H,19,20)/t16-,17+/m1/s1. The summed E-state index contributed by atoms with van der Waals surface area (Å²) in [5, 5.41) is 8.93. The average Bonchev–Trinajstić information content (AvgIpc) is 3.27. The van der Waals surface area contributed by atoms with Gasteiger partial charge in [0.05, 0.1) is 5.92 Å². The number of rotatable bonds is 2. The summed E-state index contributed by atoms with van der Waals surface area (Å²) in [6.45, 7) is 0. The van der Waals surface area contributed by atoms with Crippen molar-refractivity contribution in [3.63, 3.8) is 0 Å². The molecule has 2 nitrogen and oxygen atoms in total. The number of hydrogen-bond donors (Lipinski definition) is 1.